The van der Waals surface area contributed by atoms with E-state index >= 15 is 0 Å². The SMILES string of the molecule is C=CCn1c(CCCCc2n[nH]c(=S)n2CC=C)n[nH]c1=S.[Na].[Na]. The monoisotopic (exact) mass is 382 g/mol. The molecule has 24 heavy (non-hydrogen) atoms. The van der Waals surface area contributed by atoms with Gasteiger partial charge in [0, 0.05) is 85.0 Å². The van der Waals surface area contributed by atoms with E-state index in [-0.39, 0.29) is 59.1 Å². The van der Waals surface area contributed by atoms with Crippen molar-refractivity contribution in [3.05, 3.63) is 46.5 Å². The van der Waals surface area contributed by atoms with Gasteiger partial charge in [-0.15, -0.1) is 13.2 Å². The summed E-state index contributed by atoms with van der Waals surface area (Å²) < 4.78 is 5.22. The molecule has 2 rings (SSSR count). The van der Waals surface area contributed by atoms with E-state index in [4.69, 9.17) is 24.4 Å². The molecule has 2 N–H and O–H groups in total. The van der Waals surface area contributed by atoms with Crippen molar-refractivity contribution >= 4 is 83.6 Å². The maximum atomic E-state index is 5.20. The first-order valence-electron chi connectivity index (χ1n) is 7.17. The predicted octanol–water partition coefficient (Wildman–Crippen LogP) is 2.37. The van der Waals surface area contributed by atoms with E-state index in [0.29, 0.717) is 22.6 Å². The van der Waals surface area contributed by atoms with Gasteiger partial charge in [0.15, 0.2) is 9.54 Å². The fraction of sp³-hybridized carbons (Fsp3) is 0.429. The van der Waals surface area contributed by atoms with E-state index in [0.717, 1.165) is 37.3 Å². The summed E-state index contributed by atoms with van der Waals surface area (Å²) >= 11 is 10.4. The second-order valence-corrected chi connectivity index (χ2v) is 5.67. The molecule has 0 aliphatic heterocycles. The largest absolute Gasteiger partial charge is 0.300 e. The number of unbranched alkanes of at least 4 members (excludes halogenated alkanes) is 1. The van der Waals surface area contributed by atoms with Crippen molar-refractivity contribution in [3.63, 3.8) is 0 Å². The predicted molar refractivity (Wildman–Crippen MR) is 103 cm³/mol. The van der Waals surface area contributed by atoms with Gasteiger partial charge in [0.05, 0.1) is 0 Å². The van der Waals surface area contributed by atoms with E-state index in [1.165, 1.54) is 0 Å². The van der Waals surface area contributed by atoms with E-state index in [9.17, 15) is 0 Å². The molecule has 0 saturated heterocycles. The average molecular weight is 382 g/mol. The molecule has 10 heteroatoms. The Balaban J connectivity index is 0.00000264. The third-order valence-corrected chi connectivity index (χ3v) is 3.97. The van der Waals surface area contributed by atoms with Crippen LogP contribution in [0.15, 0.2) is 25.3 Å². The Morgan fingerprint density at radius 1 is 0.833 bits per heavy atom. The fourth-order valence-electron chi connectivity index (χ4n) is 2.28. The Morgan fingerprint density at radius 2 is 1.21 bits per heavy atom. The molecule has 120 valence electrons. The second kappa shape index (κ2) is 12.5. The Hall–Kier alpha value is 0.200. The number of allylic oxidation sites excluding steroid dienone is 2. The average Bonchev–Trinajstić information content (AvgIpc) is 3.02. The second-order valence-electron chi connectivity index (χ2n) is 4.90. The van der Waals surface area contributed by atoms with Gasteiger partial charge in [-0.3, -0.25) is 10.2 Å². The molecule has 0 aliphatic carbocycles. The smallest absolute Gasteiger partial charge is 0.195 e. The molecule has 0 bridgehead atoms. The number of rotatable bonds is 9. The summed E-state index contributed by atoms with van der Waals surface area (Å²) in [6, 6.07) is 0. The minimum atomic E-state index is 0. The van der Waals surface area contributed by atoms with Crippen molar-refractivity contribution in [3.8, 4) is 0 Å². The molecule has 0 spiro atoms. The van der Waals surface area contributed by atoms with Crippen molar-refractivity contribution in [1.29, 1.82) is 0 Å². The summed E-state index contributed by atoms with van der Waals surface area (Å²) in [7, 11) is 0. The molecule has 0 aromatic carbocycles. The number of aromatic amines is 2. The summed E-state index contributed by atoms with van der Waals surface area (Å²) in [5.41, 5.74) is 0. The molecule has 0 fully saturated rings. The quantitative estimate of drug-likeness (QED) is 0.302. The van der Waals surface area contributed by atoms with Crippen molar-refractivity contribution < 1.29 is 0 Å². The minimum absolute atomic E-state index is 0. The standard InChI is InChI=1S/C14H20N6S2.2Na/c1-3-9-19-11(15-17-13(19)21)7-5-6-8-12-16-18-14(22)20(12)10-4-2;;/h3-4H,1-2,5-10H2,(H,17,21)(H,18,22);;. The molecule has 0 saturated carbocycles. The number of aromatic nitrogens is 6. The number of nitrogens with zero attached hydrogens (tertiary/aromatic N) is 4. The Morgan fingerprint density at radius 3 is 1.54 bits per heavy atom. The molecule has 2 aromatic rings. The topological polar surface area (TPSA) is 67.2 Å². The molecule has 0 unspecified atom stereocenters. The number of hydrogen-bond acceptors (Lipinski definition) is 4. The van der Waals surface area contributed by atoms with Gasteiger partial charge in [-0.05, 0) is 37.3 Å². The molecule has 2 heterocycles. The summed E-state index contributed by atoms with van der Waals surface area (Å²) in [5, 5.41) is 14.2. The normalized spacial score (nSPS) is 9.83. The molecule has 6 nitrogen and oxygen atoms in total. The first kappa shape index (κ1) is 24.2. The summed E-state index contributed by atoms with van der Waals surface area (Å²) in [4.78, 5) is 0. The molecule has 0 atom stereocenters. The minimum Gasteiger partial charge on any atom is -0.300 e. The number of aryl methyl sites for hydroxylation is 2. The van der Waals surface area contributed by atoms with Crippen molar-refractivity contribution in [2.45, 2.75) is 38.8 Å². The van der Waals surface area contributed by atoms with E-state index < -0.39 is 0 Å². The van der Waals surface area contributed by atoms with Crippen LogP contribution < -0.4 is 0 Å². The van der Waals surface area contributed by atoms with Crippen LogP contribution in [-0.2, 0) is 25.9 Å². The zero-order chi connectivity index (χ0) is 15.9. The summed E-state index contributed by atoms with van der Waals surface area (Å²) in [6.45, 7) is 8.85. The Bertz CT molecular complexity index is 694. The molecule has 2 aromatic heterocycles. The van der Waals surface area contributed by atoms with Crippen LogP contribution in [0.25, 0.3) is 0 Å². The Kier molecular flexibility index (Phi) is 12.6. The van der Waals surface area contributed by atoms with E-state index in [1.54, 1.807) is 0 Å². The number of hydrogen-bond donors (Lipinski definition) is 2. The molecular formula is C14H20N6Na2S2. The number of H-pyrrole nitrogens is 2. The Labute approximate surface area is 196 Å². The van der Waals surface area contributed by atoms with Crippen LogP contribution in [-0.4, -0.2) is 88.6 Å². The van der Waals surface area contributed by atoms with Crippen LogP contribution >= 0.6 is 24.4 Å². The maximum Gasteiger partial charge on any atom is 0.195 e. The third-order valence-electron chi connectivity index (χ3n) is 3.35. The van der Waals surface area contributed by atoms with Gasteiger partial charge in [-0.2, -0.15) is 10.2 Å². The zero-order valence-corrected chi connectivity index (χ0v) is 20.0. The van der Waals surface area contributed by atoms with Crippen molar-refractivity contribution in [2.24, 2.45) is 0 Å². The van der Waals surface area contributed by atoms with Crippen molar-refractivity contribution in [2.75, 3.05) is 0 Å². The third kappa shape index (κ3) is 6.49. The molecular weight excluding hydrogens is 362 g/mol. The molecule has 0 aliphatic rings. The van der Waals surface area contributed by atoms with Gasteiger partial charge >= 0.3 is 0 Å². The van der Waals surface area contributed by atoms with Crippen molar-refractivity contribution in [1.82, 2.24) is 29.5 Å². The molecule has 2 radical (unpaired) electrons. The first-order chi connectivity index (χ1) is 10.7. The summed E-state index contributed by atoms with van der Waals surface area (Å²) in [5.74, 6) is 1.93. The van der Waals surface area contributed by atoms with Gasteiger partial charge in [-0.25, -0.2) is 0 Å². The van der Waals surface area contributed by atoms with Crippen LogP contribution in [0, 0.1) is 9.54 Å². The van der Waals surface area contributed by atoms with Gasteiger partial charge in [-0.1, -0.05) is 12.2 Å². The zero-order valence-electron chi connectivity index (χ0n) is 14.4. The van der Waals surface area contributed by atoms with Crippen LogP contribution in [0.2, 0.25) is 0 Å². The maximum absolute atomic E-state index is 5.20. The fourth-order valence-corrected chi connectivity index (χ4v) is 2.73. The van der Waals surface area contributed by atoms with Crippen LogP contribution in [0.1, 0.15) is 24.5 Å². The van der Waals surface area contributed by atoms with Crippen LogP contribution in [0.5, 0.6) is 0 Å². The molecule has 0 amide bonds. The summed E-state index contributed by atoms with van der Waals surface area (Å²) in [6.07, 6.45) is 7.39. The number of nitrogens with one attached hydrogen (secondary N) is 2. The first-order valence-corrected chi connectivity index (χ1v) is 7.99. The van der Waals surface area contributed by atoms with Gasteiger partial charge in [0.2, 0.25) is 0 Å². The van der Waals surface area contributed by atoms with Gasteiger partial charge in [0.25, 0.3) is 0 Å². The van der Waals surface area contributed by atoms with Crippen LogP contribution in [0.4, 0.5) is 0 Å². The van der Waals surface area contributed by atoms with E-state index in [2.05, 4.69) is 33.6 Å². The van der Waals surface area contributed by atoms with Gasteiger partial charge in [0.1, 0.15) is 11.6 Å². The van der Waals surface area contributed by atoms with Crippen LogP contribution in [0.3, 0.4) is 0 Å². The van der Waals surface area contributed by atoms with E-state index in [1.807, 2.05) is 21.3 Å². The van der Waals surface area contributed by atoms with Gasteiger partial charge < -0.3 is 9.13 Å².